The molecule has 0 N–H and O–H groups in total. The molecule has 1 aromatic carbocycles. The monoisotopic (exact) mass is 207 g/mol. The number of halogens is 1. The summed E-state index contributed by atoms with van der Waals surface area (Å²) in [5.74, 6) is 0.216. The minimum atomic E-state index is -0.271. The molecule has 0 radical (unpaired) electrons. The van der Waals surface area contributed by atoms with E-state index in [2.05, 4.69) is 9.68 Å². The molecule has 0 atom stereocenters. The molecule has 15 heavy (non-hydrogen) atoms. The van der Waals surface area contributed by atoms with E-state index >= 15 is 0 Å². The molecule has 1 heterocycles. The third kappa shape index (κ3) is 2.34. The van der Waals surface area contributed by atoms with Gasteiger partial charge in [0.05, 0.1) is 0 Å². The van der Waals surface area contributed by atoms with Crippen molar-refractivity contribution in [3.05, 3.63) is 47.6 Å². The molecule has 2 rings (SSSR count). The number of benzene rings is 1. The van der Waals surface area contributed by atoms with Gasteiger partial charge in [-0.2, -0.15) is 0 Å². The molecule has 0 aliphatic rings. The summed E-state index contributed by atoms with van der Waals surface area (Å²) in [6, 6.07) is 6.45. The van der Waals surface area contributed by atoms with E-state index in [1.165, 1.54) is 12.3 Å². The van der Waals surface area contributed by atoms with E-state index in [0.29, 0.717) is 17.0 Å². The van der Waals surface area contributed by atoms with Gasteiger partial charge in [-0.15, -0.1) is 0 Å². The van der Waals surface area contributed by atoms with Crippen molar-refractivity contribution >= 4 is 0 Å². The molecule has 3 nitrogen and oxygen atoms in total. The highest BCUT2D eigenvalue weighted by Crippen LogP contribution is 2.16. The summed E-state index contributed by atoms with van der Waals surface area (Å²) in [6.45, 7) is 1.98. The van der Waals surface area contributed by atoms with Gasteiger partial charge in [0, 0.05) is 12.1 Å². The van der Waals surface area contributed by atoms with Gasteiger partial charge in [-0.25, -0.2) is 4.39 Å². The normalized spacial score (nSPS) is 10.3. The fourth-order valence-electron chi connectivity index (χ4n) is 1.13. The third-order valence-corrected chi connectivity index (χ3v) is 2.02. The van der Waals surface area contributed by atoms with Gasteiger partial charge >= 0.3 is 0 Å². The van der Waals surface area contributed by atoms with Crippen molar-refractivity contribution in [1.82, 2.24) is 5.16 Å². The van der Waals surface area contributed by atoms with E-state index in [4.69, 9.17) is 4.74 Å². The lowest BCUT2D eigenvalue weighted by Gasteiger charge is -2.04. The van der Waals surface area contributed by atoms with Crippen LogP contribution in [-0.4, -0.2) is 5.16 Å². The maximum absolute atomic E-state index is 13.1. The first-order chi connectivity index (χ1) is 7.25. The van der Waals surface area contributed by atoms with Crippen molar-refractivity contribution in [3.63, 3.8) is 0 Å². The molecular weight excluding hydrogens is 197 g/mol. The number of ether oxygens (including phenoxy) is 1. The average molecular weight is 207 g/mol. The van der Waals surface area contributed by atoms with Crippen molar-refractivity contribution in [2.24, 2.45) is 0 Å². The van der Waals surface area contributed by atoms with Gasteiger partial charge in [0.15, 0.2) is 0 Å². The summed E-state index contributed by atoms with van der Waals surface area (Å²) in [7, 11) is 0. The largest absolute Gasteiger partial charge is 0.487 e. The van der Waals surface area contributed by atoms with Crippen LogP contribution in [0.25, 0.3) is 0 Å². The zero-order valence-corrected chi connectivity index (χ0v) is 8.24. The van der Waals surface area contributed by atoms with E-state index in [0.717, 1.165) is 0 Å². The summed E-state index contributed by atoms with van der Waals surface area (Å²) in [6.07, 6.45) is 1.47. The lowest BCUT2D eigenvalue weighted by Crippen LogP contribution is -1.96. The number of rotatable bonds is 3. The van der Waals surface area contributed by atoms with Gasteiger partial charge in [-0.05, 0) is 18.6 Å². The Morgan fingerprint density at radius 3 is 2.93 bits per heavy atom. The Morgan fingerprint density at radius 2 is 2.27 bits per heavy atom. The van der Waals surface area contributed by atoms with Crippen LogP contribution in [0.3, 0.4) is 0 Å². The van der Waals surface area contributed by atoms with Crippen molar-refractivity contribution in [1.29, 1.82) is 0 Å². The van der Waals surface area contributed by atoms with Crippen molar-refractivity contribution in [2.75, 3.05) is 0 Å². The molecule has 2 aromatic rings. The summed E-state index contributed by atoms with van der Waals surface area (Å²) in [5.41, 5.74) is 1.28. The van der Waals surface area contributed by atoms with Gasteiger partial charge in [-0.1, -0.05) is 11.2 Å². The lowest BCUT2D eigenvalue weighted by molar-refractivity contribution is 0.288. The van der Waals surface area contributed by atoms with Crippen LogP contribution in [0, 0.1) is 12.7 Å². The molecule has 0 bridgehead atoms. The maximum Gasteiger partial charge on any atom is 0.134 e. The van der Waals surface area contributed by atoms with Crippen LogP contribution in [0.4, 0.5) is 4.39 Å². The number of hydrogen-bond donors (Lipinski definition) is 0. The Morgan fingerprint density at radius 1 is 1.40 bits per heavy atom. The smallest absolute Gasteiger partial charge is 0.134 e. The third-order valence-electron chi connectivity index (χ3n) is 2.02. The molecule has 0 saturated carbocycles. The minimum Gasteiger partial charge on any atom is -0.487 e. The molecule has 0 saturated heterocycles. The van der Waals surface area contributed by atoms with Gasteiger partial charge in [0.2, 0.25) is 0 Å². The lowest BCUT2D eigenvalue weighted by atomic mass is 10.2. The van der Waals surface area contributed by atoms with Crippen LogP contribution < -0.4 is 4.74 Å². The number of hydrogen-bond acceptors (Lipinski definition) is 3. The Labute approximate surface area is 86.5 Å². The summed E-state index contributed by atoms with van der Waals surface area (Å²) < 4.78 is 23.1. The molecule has 0 fully saturated rings. The van der Waals surface area contributed by atoms with E-state index in [-0.39, 0.29) is 12.4 Å². The van der Waals surface area contributed by atoms with Crippen LogP contribution in [0.15, 0.2) is 35.1 Å². The van der Waals surface area contributed by atoms with E-state index in [9.17, 15) is 4.39 Å². The number of nitrogens with zero attached hydrogens (tertiary/aromatic N) is 1. The van der Waals surface area contributed by atoms with Crippen LogP contribution >= 0.6 is 0 Å². The molecular formula is C11H10FNO2. The molecule has 0 spiro atoms. The van der Waals surface area contributed by atoms with Crippen LogP contribution in [-0.2, 0) is 6.61 Å². The van der Waals surface area contributed by atoms with Crippen molar-refractivity contribution < 1.29 is 13.7 Å². The van der Waals surface area contributed by atoms with Gasteiger partial charge in [-0.3, -0.25) is 0 Å². The Kier molecular flexibility index (Phi) is 2.67. The second-order valence-corrected chi connectivity index (χ2v) is 3.19. The van der Waals surface area contributed by atoms with E-state index in [1.54, 1.807) is 25.1 Å². The van der Waals surface area contributed by atoms with Crippen molar-refractivity contribution in [2.45, 2.75) is 13.5 Å². The molecule has 78 valence electrons. The van der Waals surface area contributed by atoms with Crippen LogP contribution in [0.1, 0.15) is 11.3 Å². The van der Waals surface area contributed by atoms with Crippen molar-refractivity contribution in [3.8, 4) is 5.75 Å². The fourth-order valence-corrected chi connectivity index (χ4v) is 1.13. The molecule has 0 amide bonds. The Hall–Kier alpha value is -1.84. The van der Waals surface area contributed by atoms with E-state index in [1.807, 2.05) is 0 Å². The SMILES string of the molecule is Cc1ccc(OCc2ccon2)cc1F. The zero-order valence-electron chi connectivity index (χ0n) is 8.24. The standard InChI is InChI=1S/C11H10FNO2/c1-8-2-3-10(6-11(8)12)14-7-9-4-5-15-13-9/h2-6H,7H2,1H3. The molecule has 1 aromatic heterocycles. The molecule has 0 unspecified atom stereocenters. The first-order valence-corrected chi connectivity index (χ1v) is 4.54. The number of aromatic nitrogens is 1. The van der Waals surface area contributed by atoms with Gasteiger partial charge < -0.3 is 9.26 Å². The van der Waals surface area contributed by atoms with E-state index < -0.39 is 0 Å². The van der Waals surface area contributed by atoms with Gasteiger partial charge in [0.1, 0.15) is 30.1 Å². The Bertz CT molecular complexity index is 440. The van der Waals surface area contributed by atoms with Gasteiger partial charge in [0.25, 0.3) is 0 Å². The second kappa shape index (κ2) is 4.13. The highest BCUT2D eigenvalue weighted by Gasteiger charge is 2.01. The molecule has 0 aliphatic carbocycles. The molecule has 0 aliphatic heterocycles. The first kappa shape index (κ1) is 9.71. The topological polar surface area (TPSA) is 35.3 Å². The average Bonchev–Trinajstić information content (AvgIpc) is 2.73. The predicted molar refractivity (Wildman–Crippen MR) is 52.0 cm³/mol. The first-order valence-electron chi connectivity index (χ1n) is 4.54. The fraction of sp³-hybridized carbons (Fsp3) is 0.182. The molecule has 4 heteroatoms. The Balaban J connectivity index is 2.02. The summed E-state index contributed by atoms with van der Waals surface area (Å²) in [4.78, 5) is 0. The quantitative estimate of drug-likeness (QED) is 0.776. The second-order valence-electron chi connectivity index (χ2n) is 3.19. The summed E-state index contributed by atoms with van der Waals surface area (Å²) in [5, 5.41) is 3.68. The highest BCUT2D eigenvalue weighted by molar-refractivity contribution is 5.28. The maximum atomic E-state index is 13.1. The number of aryl methyl sites for hydroxylation is 1. The zero-order chi connectivity index (χ0) is 10.7. The minimum absolute atomic E-state index is 0.271. The van der Waals surface area contributed by atoms with Crippen LogP contribution in [0.2, 0.25) is 0 Å². The predicted octanol–water partition coefficient (Wildman–Crippen LogP) is 2.70. The summed E-state index contributed by atoms with van der Waals surface area (Å²) >= 11 is 0. The highest BCUT2D eigenvalue weighted by atomic mass is 19.1. The van der Waals surface area contributed by atoms with Crippen LogP contribution in [0.5, 0.6) is 5.75 Å².